The zero-order valence-corrected chi connectivity index (χ0v) is 12.3. The summed E-state index contributed by atoms with van der Waals surface area (Å²) in [5.41, 5.74) is 1.96. The molecule has 1 aliphatic rings. The molecule has 0 saturated carbocycles. The number of ether oxygens (including phenoxy) is 2. The van der Waals surface area contributed by atoms with Crippen molar-refractivity contribution in [1.82, 2.24) is 4.90 Å². The van der Waals surface area contributed by atoms with Crippen LogP contribution in [0, 0.1) is 0 Å². The molecule has 20 heavy (non-hydrogen) atoms. The largest absolute Gasteiger partial charge is 0.351 e. The Morgan fingerprint density at radius 2 is 1.90 bits per heavy atom. The fraction of sp³-hybridized carbons (Fsp3) is 0.562. The van der Waals surface area contributed by atoms with Crippen molar-refractivity contribution in [3.05, 3.63) is 35.4 Å². The van der Waals surface area contributed by atoms with Gasteiger partial charge in [0, 0.05) is 25.3 Å². The molecule has 4 nitrogen and oxygen atoms in total. The number of benzene rings is 1. The van der Waals surface area contributed by atoms with Gasteiger partial charge >= 0.3 is 0 Å². The van der Waals surface area contributed by atoms with Gasteiger partial charge in [0.15, 0.2) is 6.29 Å². The van der Waals surface area contributed by atoms with Crippen LogP contribution >= 0.6 is 0 Å². The predicted molar refractivity (Wildman–Crippen MR) is 77.7 cm³/mol. The molecule has 2 rings (SSSR count). The van der Waals surface area contributed by atoms with Gasteiger partial charge in [-0.15, -0.1) is 0 Å². The maximum Gasteiger partial charge on any atom is 0.254 e. The summed E-state index contributed by atoms with van der Waals surface area (Å²) in [6.45, 7) is 6.29. The quantitative estimate of drug-likeness (QED) is 0.750. The molecule has 1 aromatic rings. The van der Waals surface area contributed by atoms with Crippen LogP contribution in [0.1, 0.15) is 36.2 Å². The summed E-state index contributed by atoms with van der Waals surface area (Å²) < 4.78 is 11.1. The van der Waals surface area contributed by atoms with Gasteiger partial charge in [0.25, 0.3) is 5.91 Å². The lowest BCUT2D eigenvalue weighted by Gasteiger charge is -2.26. The number of hydrogen-bond acceptors (Lipinski definition) is 3. The molecule has 0 saturated heterocycles. The molecule has 0 unspecified atom stereocenters. The minimum Gasteiger partial charge on any atom is -0.351 e. The maximum atomic E-state index is 12.6. The highest BCUT2D eigenvalue weighted by atomic mass is 16.7. The van der Waals surface area contributed by atoms with E-state index in [1.165, 1.54) is 0 Å². The van der Waals surface area contributed by atoms with Gasteiger partial charge in [-0.3, -0.25) is 4.79 Å². The van der Waals surface area contributed by atoms with Gasteiger partial charge in [-0.05, 0) is 38.3 Å². The Morgan fingerprint density at radius 1 is 1.20 bits per heavy atom. The van der Waals surface area contributed by atoms with Crippen molar-refractivity contribution in [3.63, 3.8) is 0 Å². The molecule has 0 atom stereocenters. The highest BCUT2D eigenvalue weighted by Gasteiger charge is 2.24. The second kappa shape index (κ2) is 7.41. The van der Waals surface area contributed by atoms with E-state index in [-0.39, 0.29) is 12.2 Å². The topological polar surface area (TPSA) is 38.8 Å². The Hall–Kier alpha value is -1.39. The number of hydrogen-bond donors (Lipinski definition) is 0. The highest BCUT2D eigenvalue weighted by Crippen LogP contribution is 2.19. The highest BCUT2D eigenvalue weighted by molar-refractivity contribution is 5.96. The smallest absolute Gasteiger partial charge is 0.254 e. The Kier molecular flexibility index (Phi) is 5.56. The maximum absolute atomic E-state index is 12.6. The Bertz CT molecular complexity index is 441. The summed E-state index contributed by atoms with van der Waals surface area (Å²) in [5.74, 6) is 0.0857. The summed E-state index contributed by atoms with van der Waals surface area (Å²) in [5, 5.41) is 0. The van der Waals surface area contributed by atoms with E-state index >= 15 is 0 Å². The summed E-state index contributed by atoms with van der Waals surface area (Å²) >= 11 is 0. The van der Waals surface area contributed by atoms with Crippen molar-refractivity contribution >= 4 is 5.91 Å². The van der Waals surface area contributed by atoms with E-state index in [4.69, 9.17) is 9.47 Å². The first-order chi connectivity index (χ1) is 9.76. The van der Waals surface area contributed by atoms with Crippen LogP contribution in [0.4, 0.5) is 0 Å². The normalized spacial score (nSPS) is 15.3. The molecule has 0 spiro atoms. The van der Waals surface area contributed by atoms with E-state index in [9.17, 15) is 4.79 Å². The molecule has 1 heterocycles. The van der Waals surface area contributed by atoms with Crippen molar-refractivity contribution in [3.8, 4) is 0 Å². The number of nitrogens with zero attached hydrogens (tertiary/aromatic N) is 1. The second-order valence-electron chi connectivity index (χ2n) is 4.85. The van der Waals surface area contributed by atoms with Gasteiger partial charge in [-0.25, -0.2) is 0 Å². The number of amides is 1. The Balaban J connectivity index is 2.10. The Labute approximate surface area is 120 Å². The van der Waals surface area contributed by atoms with Crippen molar-refractivity contribution < 1.29 is 14.3 Å². The summed E-state index contributed by atoms with van der Waals surface area (Å²) in [4.78, 5) is 14.4. The third kappa shape index (κ3) is 3.58. The number of carbonyl (C=O) groups is 1. The standard InChI is InChI=1S/C16H23NO3/c1-3-19-15(20-4-2)12-17-11-7-9-13-8-5-6-10-14(13)16(17)18/h5-6,8,10,15H,3-4,7,9,11-12H2,1-2H3. The lowest BCUT2D eigenvalue weighted by Crippen LogP contribution is -2.39. The third-order valence-electron chi connectivity index (χ3n) is 3.48. The number of carbonyl (C=O) groups excluding carboxylic acids is 1. The SMILES string of the molecule is CCOC(CN1CCCc2ccccc2C1=O)OCC. The average molecular weight is 277 g/mol. The molecule has 0 aliphatic carbocycles. The van der Waals surface area contributed by atoms with E-state index < -0.39 is 0 Å². The van der Waals surface area contributed by atoms with Crippen LogP contribution in [0.3, 0.4) is 0 Å². The zero-order chi connectivity index (χ0) is 14.4. The van der Waals surface area contributed by atoms with Gasteiger partial charge in [-0.2, -0.15) is 0 Å². The van der Waals surface area contributed by atoms with Crippen LogP contribution in [0.25, 0.3) is 0 Å². The monoisotopic (exact) mass is 277 g/mol. The molecular weight excluding hydrogens is 254 g/mol. The fourth-order valence-electron chi connectivity index (χ4n) is 2.56. The first kappa shape index (κ1) is 15.0. The van der Waals surface area contributed by atoms with E-state index in [2.05, 4.69) is 0 Å². The van der Waals surface area contributed by atoms with Crippen LogP contribution in [-0.4, -0.2) is 43.4 Å². The molecule has 0 bridgehead atoms. The first-order valence-electron chi connectivity index (χ1n) is 7.36. The molecular formula is C16H23NO3. The Morgan fingerprint density at radius 3 is 2.60 bits per heavy atom. The van der Waals surface area contributed by atoms with Crippen molar-refractivity contribution in [2.24, 2.45) is 0 Å². The van der Waals surface area contributed by atoms with E-state index in [1.807, 2.05) is 43.0 Å². The van der Waals surface area contributed by atoms with E-state index in [0.29, 0.717) is 19.8 Å². The number of fused-ring (bicyclic) bond motifs is 1. The lowest BCUT2D eigenvalue weighted by molar-refractivity contribution is -0.143. The van der Waals surface area contributed by atoms with Crippen LogP contribution in [0.15, 0.2) is 24.3 Å². The molecule has 0 N–H and O–H groups in total. The molecule has 110 valence electrons. The van der Waals surface area contributed by atoms with Crippen LogP contribution < -0.4 is 0 Å². The molecule has 0 fully saturated rings. The molecule has 1 aromatic carbocycles. The van der Waals surface area contributed by atoms with Crippen molar-refractivity contribution in [2.75, 3.05) is 26.3 Å². The lowest BCUT2D eigenvalue weighted by atomic mass is 10.0. The first-order valence-corrected chi connectivity index (χ1v) is 7.36. The minimum absolute atomic E-state index is 0.0857. The van der Waals surface area contributed by atoms with Gasteiger partial charge < -0.3 is 14.4 Å². The van der Waals surface area contributed by atoms with Crippen LogP contribution in [0.5, 0.6) is 0 Å². The molecule has 4 heteroatoms. The fourth-order valence-corrected chi connectivity index (χ4v) is 2.56. The second-order valence-corrected chi connectivity index (χ2v) is 4.85. The number of aryl methyl sites for hydroxylation is 1. The van der Waals surface area contributed by atoms with Gasteiger partial charge in [-0.1, -0.05) is 18.2 Å². The summed E-state index contributed by atoms with van der Waals surface area (Å²) in [7, 11) is 0. The van der Waals surface area contributed by atoms with E-state index in [0.717, 1.165) is 30.5 Å². The summed E-state index contributed by atoms with van der Waals surface area (Å²) in [6, 6.07) is 7.86. The van der Waals surface area contributed by atoms with E-state index in [1.54, 1.807) is 0 Å². The minimum atomic E-state index is -0.334. The molecule has 0 radical (unpaired) electrons. The summed E-state index contributed by atoms with van der Waals surface area (Å²) in [6.07, 6.45) is 1.60. The average Bonchev–Trinajstić information content (AvgIpc) is 2.60. The van der Waals surface area contributed by atoms with Gasteiger partial charge in [0.2, 0.25) is 0 Å². The molecule has 0 aromatic heterocycles. The van der Waals surface area contributed by atoms with Gasteiger partial charge in [0.05, 0.1) is 6.54 Å². The van der Waals surface area contributed by atoms with Crippen LogP contribution in [0.2, 0.25) is 0 Å². The zero-order valence-electron chi connectivity index (χ0n) is 12.3. The van der Waals surface area contributed by atoms with Crippen molar-refractivity contribution in [1.29, 1.82) is 0 Å². The molecule has 1 amide bonds. The van der Waals surface area contributed by atoms with Crippen LogP contribution in [-0.2, 0) is 15.9 Å². The third-order valence-corrected chi connectivity index (χ3v) is 3.48. The van der Waals surface area contributed by atoms with Gasteiger partial charge in [0.1, 0.15) is 0 Å². The number of rotatable bonds is 6. The predicted octanol–water partition coefficient (Wildman–Crippen LogP) is 2.47. The molecule has 1 aliphatic heterocycles. The van der Waals surface area contributed by atoms with Crippen molar-refractivity contribution in [2.45, 2.75) is 33.0 Å².